The highest BCUT2D eigenvalue weighted by molar-refractivity contribution is 5.73. The van der Waals surface area contributed by atoms with Crippen molar-refractivity contribution in [1.29, 1.82) is 0 Å². The average molecular weight is 282 g/mol. The number of carbonyl (C=O) groups excluding carboxylic acids is 2. The third-order valence-corrected chi connectivity index (χ3v) is 4.28. The summed E-state index contributed by atoms with van der Waals surface area (Å²) in [6, 6.07) is 0.232. The van der Waals surface area contributed by atoms with Gasteiger partial charge >= 0.3 is 12.2 Å². The standard InChI is InChI=1S/C14H22N2O4/c1-14(2,3)20-13(18)16-9-4-5-11(16)10-6-7-19-12(17)15(10)8-9/h9-11H,4-8H2,1-3H3/t9-,10-,11+/m0/s1. The fourth-order valence-corrected chi connectivity index (χ4v) is 3.55. The Kier molecular flexibility index (Phi) is 3.06. The van der Waals surface area contributed by atoms with Crippen LogP contribution in [-0.2, 0) is 9.47 Å². The maximum absolute atomic E-state index is 12.4. The molecule has 0 aromatic carbocycles. The molecule has 0 saturated carbocycles. The van der Waals surface area contributed by atoms with Crippen molar-refractivity contribution in [2.75, 3.05) is 13.2 Å². The smallest absolute Gasteiger partial charge is 0.410 e. The molecule has 0 aliphatic carbocycles. The Morgan fingerprint density at radius 2 is 2.00 bits per heavy atom. The predicted molar refractivity (Wildman–Crippen MR) is 71.3 cm³/mol. The minimum atomic E-state index is -0.487. The van der Waals surface area contributed by atoms with Gasteiger partial charge in [0.05, 0.1) is 24.7 Å². The molecule has 0 N–H and O–H groups in total. The lowest BCUT2D eigenvalue weighted by molar-refractivity contribution is -0.0408. The normalized spacial score (nSPS) is 32.8. The summed E-state index contributed by atoms with van der Waals surface area (Å²) >= 11 is 0. The van der Waals surface area contributed by atoms with Crippen molar-refractivity contribution >= 4 is 12.2 Å². The highest BCUT2D eigenvalue weighted by Crippen LogP contribution is 2.38. The fourth-order valence-electron chi connectivity index (χ4n) is 3.55. The number of hydrogen-bond donors (Lipinski definition) is 0. The van der Waals surface area contributed by atoms with Crippen LogP contribution in [-0.4, -0.2) is 58.9 Å². The second-order valence-corrected chi connectivity index (χ2v) is 6.81. The Morgan fingerprint density at radius 3 is 2.70 bits per heavy atom. The third-order valence-electron chi connectivity index (χ3n) is 4.28. The van der Waals surface area contributed by atoms with Crippen molar-refractivity contribution < 1.29 is 19.1 Å². The number of hydrogen-bond acceptors (Lipinski definition) is 4. The van der Waals surface area contributed by atoms with Crippen LogP contribution in [0.2, 0.25) is 0 Å². The Labute approximate surface area is 119 Å². The Morgan fingerprint density at radius 1 is 1.25 bits per heavy atom. The molecule has 3 saturated heterocycles. The van der Waals surface area contributed by atoms with Gasteiger partial charge in [-0.2, -0.15) is 0 Å². The van der Waals surface area contributed by atoms with Gasteiger partial charge in [0.15, 0.2) is 0 Å². The van der Waals surface area contributed by atoms with Gasteiger partial charge in [-0.15, -0.1) is 0 Å². The van der Waals surface area contributed by atoms with E-state index in [1.807, 2.05) is 25.7 Å². The zero-order valence-corrected chi connectivity index (χ0v) is 12.3. The van der Waals surface area contributed by atoms with Gasteiger partial charge in [0.2, 0.25) is 0 Å². The second kappa shape index (κ2) is 4.53. The van der Waals surface area contributed by atoms with Crippen molar-refractivity contribution in [3.8, 4) is 0 Å². The summed E-state index contributed by atoms with van der Waals surface area (Å²) in [4.78, 5) is 27.9. The molecule has 3 aliphatic heterocycles. The number of amides is 2. The van der Waals surface area contributed by atoms with Crippen LogP contribution >= 0.6 is 0 Å². The van der Waals surface area contributed by atoms with Gasteiger partial charge in [-0.25, -0.2) is 9.59 Å². The van der Waals surface area contributed by atoms with Crippen LogP contribution in [0.15, 0.2) is 0 Å². The number of fused-ring (bicyclic) bond motifs is 4. The minimum Gasteiger partial charge on any atom is -0.449 e. The lowest BCUT2D eigenvalue weighted by atomic mass is 9.99. The number of piperazine rings is 1. The first kappa shape index (κ1) is 13.5. The first-order valence-electron chi connectivity index (χ1n) is 7.31. The van der Waals surface area contributed by atoms with Gasteiger partial charge in [0, 0.05) is 13.0 Å². The van der Waals surface area contributed by atoms with Crippen LogP contribution in [0, 0.1) is 0 Å². The van der Waals surface area contributed by atoms with E-state index in [-0.39, 0.29) is 30.3 Å². The number of rotatable bonds is 0. The summed E-state index contributed by atoms with van der Waals surface area (Å²) in [6.07, 6.45) is 2.19. The quantitative estimate of drug-likeness (QED) is 0.681. The molecule has 0 spiro atoms. The Bertz CT molecular complexity index is 431. The Balaban J connectivity index is 1.78. The first-order valence-corrected chi connectivity index (χ1v) is 7.31. The molecule has 3 fully saturated rings. The van der Waals surface area contributed by atoms with E-state index in [1.54, 1.807) is 4.90 Å². The van der Waals surface area contributed by atoms with Gasteiger partial charge in [0.25, 0.3) is 0 Å². The molecular formula is C14H22N2O4. The molecule has 0 radical (unpaired) electrons. The lowest BCUT2D eigenvalue weighted by Crippen LogP contribution is -2.64. The molecule has 3 aliphatic rings. The van der Waals surface area contributed by atoms with Gasteiger partial charge in [0.1, 0.15) is 5.60 Å². The van der Waals surface area contributed by atoms with E-state index in [0.29, 0.717) is 13.2 Å². The molecule has 112 valence electrons. The van der Waals surface area contributed by atoms with E-state index in [4.69, 9.17) is 9.47 Å². The first-order chi connectivity index (χ1) is 9.37. The average Bonchev–Trinajstić information content (AvgIpc) is 2.65. The zero-order chi connectivity index (χ0) is 14.5. The van der Waals surface area contributed by atoms with Crippen LogP contribution < -0.4 is 0 Å². The van der Waals surface area contributed by atoms with E-state index < -0.39 is 5.60 Å². The molecule has 3 heterocycles. The van der Waals surface area contributed by atoms with Crippen molar-refractivity contribution in [3.63, 3.8) is 0 Å². The largest absolute Gasteiger partial charge is 0.449 e. The van der Waals surface area contributed by atoms with Gasteiger partial charge in [-0.05, 0) is 33.6 Å². The van der Waals surface area contributed by atoms with Gasteiger partial charge in [-0.3, -0.25) is 4.90 Å². The fraction of sp³-hybridized carbons (Fsp3) is 0.857. The van der Waals surface area contributed by atoms with Crippen molar-refractivity contribution in [3.05, 3.63) is 0 Å². The van der Waals surface area contributed by atoms with Crippen molar-refractivity contribution in [1.82, 2.24) is 9.80 Å². The molecule has 2 amide bonds. The monoisotopic (exact) mass is 282 g/mol. The Hall–Kier alpha value is -1.46. The van der Waals surface area contributed by atoms with Crippen LogP contribution in [0.5, 0.6) is 0 Å². The molecule has 3 rings (SSSR count). The molecule has 6 heteroatoms. The summed E-state index contributed by atoms with van der Waals surface area (Å²) in [5.41, 5.74) is -0.487. The van der Waals surface area contributed by atoms with E-state index in [2.05, 4.69) is 0 Å². The summed E-state index contributed by atoms with van der Waals surface area (Å²) < 4.78 is 10.6. The number of cyclic esters (lactones) is 1. The topological polar surface area (TPSA) is 59.1 Å². The number of ether oxygens (including phenoxy) is 2. The highest BCUT2D eigenvalue weighted by Gasteiger charge is 2.52. The molecular weight excluding hydrogens is 260 g/mol. The summed E-state index contributed by atoms with van der Waals surface area (Å²) in [5.74, 6) is 0. The van der Waals surface area contributed by atoms with E-state index in [9.17, 15) is 9.59 Å². The third kappa shape index (κ3) is 2.21. The summed E-state index contributed by atoms with van der Waals surface area (Å²) in [6.45, 7) is 6.64. The van der Waals surface area contributed by atoms with Gasteiger partial charge < -0.3 is 14.4 Å². The second-order valence-electron chi connectivity index (χ2n) is 6.81. The summed E-state index contributed by atoms with van der Waals surface area (Å²) in [7, 11) is 0. The van der Waals surface area contributed by atoms with Crippen LogP contribution in [0.1, 0.15) is 40.0 Å². The van der Waals surface area contributed by atoms with E-state index in [0.717, 1.165) is 19.3 Å². The molecule has 0 aromatic heterocycles. The molecule has 6 nitrogen and oxygen atoms in total. The van der Waals surface area contributed by atoms with Crippen LogP contribution in [0.25, 0.3) is 0 Å². The van der Waals surface area contributed by atoms with Crippen LogP contribution in [0.4, 0.5) is 9.59 Å². The van der Waals surface area contributed by atoms with E-state index >= 15 is 0 Å². The van der Waals surface area contributed by atoms with Crippen LogP contribution in [0.3, 0.4) is 0 Å². The summed E-state index contributed by atoms with van der Waals surface area (Å²) in [5, 5.41) is 0. The van der Waals surface area contributed by atoms with E-state index in [1.165, 1.54) is 0 Å². The van der Waals surface area contributed by atoms with Crippen molar-refractivity contribution in [2.24, 2.45) is 0 Å². The minimum absolute atomic E-state index is 0.0664. The molecule has 20 heavy (non-hydrogen) atoms. The lowest BCUT2D eigenvalue weighted by Gasteiger charge is -2.48. The predicted octanol–water partition coefficient (Wildman–Crippen LogP) is 1.98. The molecule has 0 aromatic rings. The van der Waals surface area contributed by atoms with Crippen molar-refractivity contribution in [2.45, 2.75) is 63.8 Å². The molecule has 2 bridgehead atoms. The maximum atomic E-state index is 12.4. The number of nitrogens with zero attached hydrogens (tertiary/aromatic N) is 2. The highest BCUT2D eigenvalue weighted by atomic mass is 16.6. The molecule has 0 unspecified atom stereocenters. The zero-order valence-electron chi connectivity index (χ0n) is 12.3. The molecule has 3 atom stereocenters. The number of carbonyl (C=O) groups is 2. The van der Waals surface area contributed by atoms with Gasteiger partial charge in [-0.1, -0.05) is 0 Å². The SMILES string of the molecule is CC(C)(C)OC(=O)N1[C@H]2CC[C@@H]1[C@@H]1CCOC(=O)N1C2. The maximum Gasteiger partial charge on any atom is 0.410 e.